The molecule has 1 aromatic rings. The van der Waals surface area contributed by atoms with Gasteiger partial charge in [-0.05, 0) is 30.2 Å². The van der Waals surface area contributed by atoms with Crippen LogP contribution in [0.15, 0.2) is 18.7 Å². The van der Waals surface area contributed by atoms with Gasteiger partial charge in [0.25, 0.3) is 5.69 Å². The molecule has 0 saturated heterocycles. The molecule has 0 fully saturated rings. The van der Waals surface area contributed by atoms with Crippen molar-refractivity contribution < 1.29 is 4.92 Å². The summed E-state index contributed by atoms with van der Waals surface area (Å²) in [6, 6.07) is 3.29. The molecule has 0 atom stereocenters. The van der Waals surface area contributed by atoms with Crippen molar-refractivity contribution in [1.82, 2.24) is 4.90 Å². The Morgan fingerprint density at radius 1 is 1.56 bits per heavy atom. The number of hydrogen-bond acceptors (Lipinski definition) is 3. The molecule has 2 rings (SSSR count). The Kier molecular flexibility index (Phi) is 2.75. The lowest BCUT2D eigenvalue weighted by molar-refractivity contribution is -0.385. The third-order valence-electron chi connectivity index (χ3n) is 2.98. The Morgan fingerprint density at radius 2 is 2.31 bits per heavy atom. The van der Waals surface area contributed by atoms with Gasteiger partial charge in [-0.25, -0.2) is 0 Å². The normalized spacial score (nSPS) is 15.6. The summed E-state index contributed by atoms with van der Waals surface area (Å²) in [7, 11) is 2.02. The van der Waals surface area contributed by atoms with Gasteiger partial charge in [-0.1, -0.05) is 12.7 Å². The summed E-state index contributed by atoms with van der Waals surface area (Å²) < 4.78 is 0. The van der Waals surface area contributed by atoms with E-state index in [-0.39, 0.29) is 10.6 Å². The first-order valence-electron chi connectivity index (χ1n) is 5.23. The minimum Gasteiger partial charge on any atom is -0.302 e. The molecule has 1 aromatic carbocycles. The van der Waals surface area contributed by atoms with Crippen LogP contribution in [0.2, 0.25) is 0 Å². The molecule has 0 saturated carbocycles. The fraction of sp³-hybridized carbons (Fsp3) is 0.333. The van der Waals surface area contributed by atoms with Crippen molar-refractivity contribution in [3.8, 4) is 0 Å². The Labute approximate surface area is 94.3 Å². The Hall–Kier alpha value is -1.68. The van der Waals surface area contributed by atoms with E-state index in [0.29, 0.717) is 0 Å². The number of nitro groups is 1. The third-order valence-corrected chi connectivity index (χ3v) is 2.98. The third kappa shape index (κ3) is 1.84. The van der Waals surface area contributed by atoms with Crippen LogP contribution in [0.3, 0.4) is 0 Å². The van der Waals surface area contributed by atoms with Crippen molar-refractivity contribution in [2.24, 2.45) is 0 Å². The number of fused-ring (bicyclic) bond motifs is 1. The minimum atomic E-state index is -0.345. The summed E-state index contributed by atoms with van der Waals surface area (Å²) in [5, 5.41) is 10.8. The fourth-order valence-electron chi connectivity index (χ4n) is 2.15. The van der Waals surface area contributed by atoms with Crippen LogP contribution in [0.25, 0.3) is 6.08 Å². The molecule has 4 nitrogen and oxygen atoms in total. The number of nitrogens with zero attached hydrogens (tertiary/aromatic N) is 2. The molecule has 1 aliphatic rings. The molecule has 1 heterocycles. The smallest absolute Gasteiger partial charge is 0.270 e. The number of likely N-dealkylation sites (N-methyl/N-ethyl adjacent to an activating group) is 1. The van der Waals surface area contributed by atoms with E-state index >= 15 is 0 Å². The van der Waals surface area contributed by atoms with Crippen molar-refractivity contribution in [3.63, 3.8) is 0 Å². The quantitative estimate of drug-likeness (QED) is 0.565. The second-order valence-corrected chi connectivity index (χ2v) is 4.12. The van der Waals surface area contributed by atoms with Crippen molar-refractivity contribution in [3.05, 3.63) is 45.5 Å². The predicted octanol–water partition coefficient (Wildman–Crippen LogP) is 2.23. The Bertz CT molecular complexity index is 455. The molecular formula is C12H14N2O2. The molecule has 84 valence electrons. The van der Waals surface area contributed by atoms with E-state index in [1.54, 1.807) is 18.2 Å². The molecule has 0 aliphatic carbocycles. The Balaban J connectivity index is 2.54. The van der Waals surface area contributed by atoms with E-state index in [2.05, 4.69) is 11.5 Å². The average molecular weight is 218 g/mol. The van der Waals surface area contributed by atoms with Gasteiger partial charge >= 0.3 is 0 Å². The largest absolute Gasteiger partial charge is 0.302 e. The highest BCUT2D eigenvalue weighted by molar-refractivity contribution is 5.59. The average Bonchev–Trinajstić information content (AvgIpc) is 2.26. The van der Waals surface area contributed by atoms with Crippen LogP contribution >= 0.6 is 0 Å². The van der Waals surface area contributed by atoms with E-state index in [1.807, 2.05) is 7.05 Å². The summed E-state index contributed by atoms with van der Waals surface area (Å²) in [5.74, 6) is 0. The lowest BCUT2D eigenvalue weighted by Gasteiger charge is -2.26. The zero-order chi connectivity index (χ0) is 11.7. The predicted molar refractivity (Wildman–Crippen MR) is 63.2 cm³/mol. The summed E-state index contributed by atoms with van der Waals surface area (Å²) >= 11 is 0. The SMILES string of the molecule is C=Cc1cc([N+](=O)[O-])cc2c1CCN(C)C2. The first-order valence-corrected chi connectivity index (χ1v) is 5.23. The molecular weight excluding hydrogens is 204 g/mol. The van der Waals surface area contributed by atoms with Crippen molar-refractivity contribution in [2.45, 2.75) is 13.0 Å². The van der Waals surface area contributed by atoms with Gasteiger partial charge < -0.3 is 4.90 Å². The van der Waals surface area contributed by atoms with Crippen molar-refractivity contribution in [2.75, 3.05) is 13.6 Å². The molecule has 16 heavy (non-hydrogen) atoms. The van der Waals surface area contributed by atoms with Crippen LogP contribution in [0.5, 0.6) is 0 Å². The number of benzene rings is 1. The second-order valence-electron chi connectivity index (χ2n) is 4.12. The van der Waals surface area contributed by atoms with Crippen LogP contribution < -0.4 is 0 Å². The molecule has 0 amide bonds. The molecule has 4 heteroatoms. The van der Waals surface area contributed by atoms with Gasteiger partial charge in [0, 0.05) is 25.2 Å². The fourth-order valence-corrected chi connectivity index (χ4v) is 2.15. The second kappa shape index (κ2) is 4.06. The van der Waals surface area contributed by atoms with E-state index in [1.165, 1.54) is 5.56 Å². The molecule has 0 N–H and O–H groups in total. The van der Waals surface area contributed by atoms with Crippen molar-refractivity contribution >= 4 is 11.8 Å². The highest BCUT2D eigenvalue weighted by atomic mass is 16.6. The van der Waals surface area contributed by atoms with Gasteiger partial charge in [0.1, 0.15) is 0 Å². The summed E-state index contributed by atoms with van der Waals surface area (Å²) in [6.07, 6.45) is 2.64. The van der Waals surface area contributed by atoms with Crippen molar-refractivity contribution in [1.29, 1.82) is 0 Å². The highest BCUT2D eigenvalue weighted by Crippen LogP contribution is 2.27. The minimum absolute atomic E-state index is 0.156. The molecule has 0 bridgehead atoms. The van der Waals surface area contributed by atoms with Crippen LogP contribution in [-0.2, 0) is 13.0 Å². The molecule has 1 aliphatic heterocycles. The van der Waals surface area contributed by atoms with E-state index in [0.717, 1.165) is 30.6 Å². The summed E-state index contributed by atoms with van der Waals surface area (Å²) in [4.78, 5) is 12.6. The maximum atomic E-state index is 10.8. The van der Waals surface area contributed by atoms with Crippen LogP contribution in [0, 0.1) is 10.1 Å². The number of rotatable bonds is 2. The van der Waals surface area contributed by atoms with E-state index in [9.17, 15) is 10.1 Å². The van der Waals surface area contributed by atoms with Gasteiger partial charge in [0.05, 0.1) is 4.92 Å². The highest BCUT2D eigenvalue weighted by Gasteiger charge is 2.19. The number of nitro benzene ring substituents is 1. The van der Waals surface area contributed by atoms with Gasteiger partial charge in [-0.3, -0.25) is 10.1 Å². The Morgan fingerprint density at radius 3 is 2.94 bits per heavy atom. The lowest BCUT2D eigenvalue weighted by atomic mass is 9.94. The first-order chi connectivity index (χ1) is 7.61. The lowest BCUT2D eigenvalue weighted by Crippen LogP contribution is -2.27. The summed E-state index contributed by atoms with van der Waals surface area (Å²) in [5.41, 5.74) is 3.32. The number of non-ortho nitro benzene ring substituents is 1. The zero-order valence-electron chi connectivity index (χ0n) is 9.27. The molecule has 0 spiro atoms. The number of hydrogen-bond donors (Lipinski definition) is 0. The summed E-state index contributed by atoms with van der Waals surface area (Å²) in [6.45, 7) is 5.49. The molecule has 0 aromatic heterocycles. The maximum absolute atomic E-state index is 10.8. The van der Waals surface area contributed by atoms with Gasteiger partial charge in [0.15, 0.2) is 0 Å². The monoisotopic (exact) mass is 218 g/mol. The van der Waals surface area contributed by atoms with E-state index in [4.69, 9.17) is 0 Å². The van der Waals surface area contributed by atoms with Crippen LogP contribution in [-0.4, -0.2) is 23.4 Å². The maximum Gasteiger partial charge on any atom is 0.270 e. The topological polar surface area (TPSA) is 46.4 Å². The standard InChI is InChI=1S/C12H14N2O2/c1-3-9-6-11(14(15)16)7-10-8-13(2)5-4-12(9)10/h3,6-7H,1,4-5,8H2,2H3. The van der Waals surface area contributed by atoms with Crippen LogP contribution in [0.1, 0.15) is 16.7 Å². The van der Waals surface area contributed by atoms with Gasteiger partial charge in [-0.2, -0.15) is 0 Å². The first kappa shape index (κ1) is 10.8. The molecule has 0 unspecified atom stereocenters. The van der Waals surface area contributed by atoms with E-state index < -0.39 is 0 Å². The van der Waals surface area contributed by atoms with Gasteiger partial charge in [0.2, 0.25) is 0 Å². The molecule has 0 radical (unpaired) electrons. The zero-order valence-corrected chi connectivity index (χ0v) is 9.27. The van der Waals surface area contributed by atoms with Gasteiger partial charge in [-0.15, -0.1) is 0 Å². The van der Waals surface area contributed by atoms with Crippen LogP contribution in [0.4, 0.5) is 5.69 Å².